The summed E-state index contributed by atoms with van der Waals surface area (Å²) in [5.41, 5.74) is 4.79. The summed E-state index contributed by atoms with van der Waals surface area (Å²) < 4.78 is 0. The molecule has 0 saturated heterocycles. The fourth-order valence-corrected chi connectivity index (χ4v) is 3.13. The number of hydrogen-bond donors (Lipinski definition) is 1. The molecule has 1 aromatic heterocycles. The van der Waals surface area contributed by atoms with E-state index in [1.807, 2.05) is 32.1 Å². The molecule has 0 bridgehead atoms. The number of rotatable bonds is 11. The second-order valence-electron chi connectivity index (χ2n) is 6.64. The van der Waals surface area contributed by atoms with Gasteiger partial charge in [-0.3, -0.25) is 0 Å². The van der Waals surface area contributed by atoms with Crippen molar-refractivity contribution in [2.24, 2.45) is 5.92 Å². The minimum atomic E-state index is 0.319. The molecule has 1 unspecified atom stereocenters. The van der Waals surface area contributed by atoms with E-state index in [0.29, 0.717) is 5.92 Å². The number of aromatic nitrogens is 2. The van der Waals surface area contributed by atoms with Crippen molar-refractivity contribution in [3.8, 4) is 0 Å². The molecule has 0 aliphatic rings. The predicted molar refractivity (Wildman–Crippen MR) is 126 cm³/mol. The van der Waals surface area contributed by atoms with E-state index in [2.05, 4.69) is 62.7 Å². The predicted octanol–water partition coefficient (Wildman–Crippen LogP) is 5.64. The van der Waals surface area contributed by atoms with Crippen LogP contribution in [0.2, 0.25) is 0 Å². The molecule has 0 saturated carbocycles. The lowest BCUT2D eigenvalue weighted by molar-refractivity contribution is 0.624. The first-order chi connectivity index (χ1) is 14.2. The number of hydrogen-bond acceptors (Lipinski definition) is 3. The molecule has 3 heteroatoms. The Bertz CT molecular complexity index is 763. The molecule has 0 amide bonds. The van der Waals surface area contributed by atoms with E-state index in [4.69, 9.17) is 9.97 Å². The van der Waals surface area contributed by atoms with Gasteiger partial charge in [0.15, 0.2) is 0 Å². The topological polar surface area (TPSA) is 37.8 Å². The first kappa shape index (κ1) is 24.5. The Balaban J connectivity index is 0.00000204. The molecule has 2 aromatic rings. The van der Waals surface area contributed by atoms with Crippen LogP contribution in [0.25, 0.3) is 0 Å². The van der Waals surface area contributed by atoms with Crippen LogP contribution < -0.4 is 5.32 Å². The highest BCUT2D eigenvalue weighted by Gasteiger charge is 2.11. The van der Waals surface area contributed by atoms with E-state index < -0.39 is 0 Å². The van der Waals surface area contributed by atoms with Crippen LogP contribution in [0.15, 0.2) is 67.8 Å². The third-order valence-corrected chi connectivity index (χ3v) is 4.61. The van der Waals surface area contributed by atoms with Crippen molar-refractivity contribution in [2.45, 2.75) is 47.0 Å². The summed E-state index contributed by atoms with van der Waals surface area (Å²) >= 11 is 0. The van der Waals surface area contributed by atoms with Gasteiger partial charge in [0.25, 0.3) is 0 Å². The molecule has 1 atom stereocenters. The molecule has 0 fully saturated rings. The second kappa shape index (κ2) is 14.5. The van der Waals surface area contributed by atoms with Crippen LogP contribution in [0.3, 0.4) is 0 Å². The number of nitrogens with zero attached hydrogens (tertiary/aromatic N) is 2. The van der Waals surface area contributed by atoms with Gasteiger partial charge in [-0.1, -0.05) is 82.0 Å². The maximum absolute atomic E-state index is 4.84. The summed E-state index contributed by atoms with van der Waals surface area (Å²) in [6, 6.07) is 10.4. The Kier molecular flexibility index (Phi) is 12.2. The molecule has 0 spiro atoms. The van der Waals surface area contributed by atoms with Gasteiger partial charge in [-0.2, -0.15) is 0 Å². The molecular weight excluding hydrogens is 354 g/mol. The lowest BCUT2D eigenvalue weighted by Gasteiger charge is -2.14. The van der Waals surface area contributed by atoms with Gasteiger partial charge in [0, 0.05) is 30.3 Å². The van der Waals surface area contributed by atoms with Gasteiger partial charge in [-0.25, -0.2) is 9.97 Å². The van der Waals surface area contributed by atoms with Crippen molar-refractivity contribution in [3.05, 3.63) is 96.1 Å². The first-order valence-electron chi connectivity index (χ1n) is 10.7. The van der Waals surface area contributed by atoms with Gasteiger partial charge in [-0.15, -0.1) is 6.58 Å². The van der Waals surface area contributed by atoms with E-state index in [9.17, 15) is 0 Å². The van der Waals surface area contributed by atoms with Crippen LogP contribution in [0, 0.1) is 12.8 Å². The van der Waals surface area contributed by atoms with E-state index >= 15 is 0 Å². The van der Waals surface area contributed by atoms with E-state index in [0.717, 1.165) is 43.9 Å². The van der Waals surface area contributed by atoms with Gasteiger partial charge in [-0.05, 0) is 37.4 Å². The standard InChI is InChI=1S/C24H31N3.C2H6/c1-5-8-12-20(6-2)18-25-16-15-22-19(4)26-24(27-23(22)7-3)17-21-13-10-9-11-14-21;1-2/h5-6,8-14,20,25H,1-2,7,15-18H2,3-4H3;1-2H3. The van der Waals surface area contributed by atoms with Crippen molar-refractivity contribution in [2.75, 3.05) is 13.1 Å². The molecule has 1 heterocycles. The van der Waals surface area contributed by atoms with Gasteiger partial charge >= 0.3 is 0 Å². The SMILES string of the molecule is C=CC=CC(C=C)CNCCc1c(C)nc(Cc2ccccc2)nc1CC.CC. The maximum atomic E-state index is 4.84. The molecule has 1 N–H and O–H groups in total. The number of allylic oxidation sites excluding steroid dienone is 2. The highest BCUT2D eigenvalue weighted by molar-refractivity contribution is 5.28. The highest BCUT2D eigenvalue weighted by atomic mass is 14.9. The summed E-state index contributed by atoms with van der Waals surface area (Å²) in [5, 5.41) is 3.51. The largest absolute Gasteiger partial charge is 0.316 e. The molecule has 0 aliphatic heterocycles. The summed E-state index contributed by atoms with van der Waals surface area (Å²) in [5.74, 6) is 1.23. The van der Waals surface area contributed by atoms with Crippen molar-refractivity contribution in [1.29, 1.82) is 0 Å². The number of benzene rings is 1. The second-order valence-corrected chi connectivity index (χ2v) is 6.64. The molecule has 29 heavy (non-hydrogen) atoms. The third kappa shape index (κ3) is 8.57. The highest BCUT2D eigenvalue weighted by Crippen LogP contribution is 2.15. The minimum absolute atomic E-state index is 0.319. The van der Waals surface area contributed by atoms with Crippen LogP contribution in [-0.4, -0.2) is 23.1 Å². The molecule has 0 radical (unpaired) electrons. The fourth-order valence-electron chi connectivity index (χ4n) is 3.13. The summed E-state index contributed by atoms with van der Waals surface area (Å²) in [6.07, 6.45) is 10.5. The van der Waals surface area contributed by atoms with Crippen LogP contribution in [0.5, 0.6) is 0 Å². The lowest BCUT2D eigenvalue weighted by atomic mass is 10.0. The summed E-state index contributed by atoms with van der Waals surface area (Å²) in [7, 11) is 0. The lowest BCUT2D eigenvalue weighted by Crippen LogP contribution is -2.24. The molecule has 1 aromatic carbocycles. The number of aryl methyl sites for hydroxylation is 2. The van der Waals surface area contributed by atoms with Crippen molar-refractivity contribution in [3.63, 3.8) is 0 Å². The van der Waals surface area contributed by atoms with Gasteiger partial charge in [0.2, 0.25) is 0 Å². The zero-order chi connectivity index (χ0) is 21.5. The van der Waals surface area contributed by atoms with Crippen LogP contribution in [0.1, 0.15) is 49.1 Å². The molecular formula is C26H37N3. The average molecular weight is 392 g/mol. The Morgan fingerprint density at radius 2 is 1.83 bits per heavy atom. The van der Waals surface area contributed by atoms with Crippen LogP contribution >= 0.6 is 0 Å². The van der Waals surface area contributed by atoms with E-state index in [1.54, 1.807) is 6.08 Å². The molecule has 2 rings (SSSR count). The van der Waals surface area contributed by atoms with Crippen LogP contribution in [0.4, 0.5) is 0 Å². The Morgan fingerprint density at radius 3 is 2.45 bits per heavy atom. The summed E-state index contributed by atoms with van der Waals surface area (Å²) in [6.45, 7) is 17.6. The molecule has 3 nitrogen and oxygen atoms in total. The average Bonchev–Trinajstić information content (AvgIpc) is 2.76. The normalized spacial score (nSPS) is 11.6. The Labute approximate surface area is 177 Å². The third-order valence-electron chi connectivity index (χ3n) is 4.61. The summed E-state index contributed by atoms with van der Waals surface area (Å²) in [4.78, 5) is 9.61. The number of nitrogens with one attached hydrogen (secondary N) is 1. The van der Waals surface area contributed by atoms with Gasteiger partial charge in [0.05, 0.1) is 0 Å². The fraction of sp³-hybridized carbons (Fsp3) is 0.385. The molecule has 156 valence electrons. The van der Waals surface area contributed by atoms with Crippen molar-refractivity contribution in [1.82, 2.24) is 15.3 Å². The minimum Gasteiger partial charge on any atom is -0.316 e. The van der Waals surface area contributed by atoms with Crippen LogP contribution in [-0.2, 0) is 19.3 Å². The van der Waals surface area contributed by atoms with Gasteiger partial charge < -0.3 is 5.32 Å². The maximum Gasteiger partial charge on any atom is 0.133 e. The zero-order valence-corrected chi connectivity index (χ0v) is 18.6. The van der Waals surface area contributed by atoms with E-state index in [1.165, 1.54) is 16.8 Å². The monoisotopic (exact) mass is 391 g/mol. The Hall–Kier alpha value is -2.52. The quantitative estimate of drug-likeness (QED) is 0.306. The van der Waals surface area contributed by atoms with Crippen molar-refractivity contribution < 1.29 is 0 Å². The first-order valence-corrected chi connectivity index (χ1v) is 10.7. The molecule has 0 aliphatic carbocycles. The smallest absolute Gasteiger partial charge is 0.133 e. The van der Waals surface area contributed by atoms with Crippen molar-refractivity contribution >= 4 is 0 Å². The van der Waals surface area contributed by atoms with E-state index in [-0.39, 0.29) is 0 Å². The zero-order valence-electron chi connectivity index (χ0n) is 18.6. The Morgan fingerprint density at radius 1 is 1.10 bits per heavy atom. The van der Waals surface area contributed by atoms with Gasteiger partial charge in [0.1, 0.15) is 5.82 Å².